The molecule has 7 nitrogen and oxygen atoms in total. The molecule has 1 N–H and O–H groups in total. The molecule has 26 heavy (non-hydrogen) atoms. The summed E-state index contributed by atoms with van der Waals surface area (Å²) in [5.74, 6) is 0.518. The molecule has 2 aromatic rings. The van der Waals surface area contributed by atoms with Crippen LogP contribution in [0.2, 0.25) is 0 Å². The number of anilines is 2. The van der Waals surface area contributed by atoms with Crippen molar-refractivity contribution in [1.29, 1.82) is 0 Å². The van der Waals surface area contributed by atoms with E-state index in [1.165, 1.54) is 11.3 Å². The van der Waals surface area contributed by atoms with E-state index in [0.29, 0.717) is 31.3 Å². The van der Waals surface area contributed by atoms with Crippen LogP contribution in [0.3, 0.4) is 0 Å². The van der Waals surface area contributed by atoms with Crippen molar-refractivity contribution in [1.82, 2.24) is 15.3 Å². The summed E-state index contributed by atoms with van der Waals surface area (Å²) < 4.78 is 5.33. The maximum Gasteiger partial charge on any atom is 0.254 e. The number of nitrogens with zero attached hydrogens (tertiary/aromatic N) is 4. The van der Waals surface area contributed by atoms with Crippen molar-refractivity contribution in [2.24, 2.45) is 0 Å². The fraction of sp³-hybridized carbons (Fsp3) is 0.421. The molecule has 0 spiro atoms. The number of rotatable bonds is 5. The number of fused-ring (bicyclic) bond motifs is 1. The summed E-state index contributed by atoms with van der Waals surface area (Å²) in [6.45, 7) is 5.34. The number of amides is 1. The summed E-state index contributed by atoms with van der Waals surface area (Å²) in [7, 11) is 0. The molecule has 0 unspecified atom stereocenters. The molecule has 7 heteroatoms. The van der Waals surface area contributed by atoms with E-state index in [1.807, 2.05) is 0 Å². The van der Waals surface area contributed by atoms with Gasteiger partial charge in [-0.05, 0) is 18.1 Å². The standard InChI is InChI=1S/C19H23N5O2/c25-18(16-13-21-19(22-14-16)24-9-11-26-12-10-24)20-6-8-23-7-5-15-3-1-2-4-17(15)23/h1-4,13-14H,5-12H2,(H,20,25). The molecular weight excluding hydrogens is 330 g/mol. The van der Waals surface area contributed by atoms with E-state index in [4.69, 9.17) is 4.74 Å². The molecular formula is C19H23N5O2. The molecule has 1 fully saturated rings. The van der Waals surface area contributed by atoms with Crippen LogP contribution in [-0.4, -0.2) is 61.8 Å². The third-order valence-corrected chi connectivity index (χ3v) is 4.84. The van der Waals surface area contributed by atoms with Gasteiger partial charge in [0.1, 0.15) is 0 Å². The maximum absolute atomic E-state index is 12.3. The van der Waals surface area contributed by atoms with Gasteiger partial charge < -0.3 is 19.9 Å². The van der Waals surface area contributed by atoms with Gasteiger partial charge in [0.15, 0.2) is 0 Å². The summed E-state index contributed by atoms with van der Waals surface area (Å²) in [4.78, 5) is 25.3. The first-order valence-corrected chi connectivity index (χ1v) is 9.07. The lowest BCUT2D eigenvalue weighted by molar-refractivity contribution is 0.0953. The van der Waals surface area contributed by atoms with E-state index < -0.39 is 0 Å². The Labute approximate surface area is 153 Å². The molecule has 1 saturated heterocycles. The summed E-state index contributed by atoms with van der Waals surface area (Å²) in [6, 6.07) is 8.44. The zero-order chi connectivity index (χ0) is 17.8. The average Bonchev–Trinajstić information content (AvgIpc) is 3.12. The largest absolute Gasteiger partial charge is 0.378 e. The molecule has 1 aromatic carbocycles. The van der Waals surface area contributed by atoms with Gasteiger partial charge in [-0.3, -0.25) is 4.79 Å². The van der Waals surface area contributed by atoms with Crippen LogP contribution in [0.25, 0.3) is 0 Å². The third-order valence-electron chi connectivity index (χ3n) is 4.84. The maximum atomic E-state index is 12.3. The van der Waals surface area contributed by atoms with E-state index in [2.05, 4.69) is 49.4 Å². The highest BCUT2D eigenvalue weighted by Crippen LogP contribution is 2.26. The van der Waals surface area contributed by atoms with Crippen molar-refractivity contribution < 1.29 is 9.53 Å². The van der Waals surface area contributed by atoms with Crippen molar-refractivity contribution in [3.05, 3.63) is 47.8 Å². The van der Waals surface area contributed by atoms with Gasteiger partial charge in [0, 0.05) is 50.8 Å². The third kappa shape index (κ3) is 3.62. The number of para-hydroxylation sites is 1. The molecule has 0 atom stereocenters. The Balaban J connectivity index is 1.28. The highest BCUT2D eigenvalue weighted by Gasteiger charge is 2.18. The number of benzene rings is 1. The molecule has 0 radical (unpaired) electrons. The predicted octanol–water partition coefficient (Wildman–Crippen LogP) is 1.11. The SMILES string of the molecule is O=C(NCCN1CCc2ccccc21)c1cnc(N2CCOCC2)nc1. The van der Waals surface area contributed by atoms with Gasteiger partial charge in [0.05, 0.1) is 18.8 Å². The van der Waals surface area contributed by atoms with Crippen molar-refractivity contribution in [2.45, 2.75) is 6.42 Å². The van der Waals surface area contributed by atoms with Crippen LogP contribution >= 0.6 is 0 Å². The van der Waals surface area contributed by atoms with E-state index in [-0.39, 0.29) is 5.91 Å². The number of hydrogen-bond donors (Lipinski definition) is 1. The number of carbonyl (C=O) groups is 1. The minimum Gasteiger partial charge on any atom is -0.378 e. The van der Waals surface area contributed by atoms with Crippen LogP contribution in [0.4, 0.5) is 11.6 Å². The Bertz CT molecular complexity index is 759. The zero-order valence-corrected chi connectivity index (χ0v) is 14.7. The van der Waals surface area contributed by atoms with Crippen LogP contribution in [-0.2, 0) is 11.2 Å². The highest BCUT2D eigenvalue weighted by molar-refractivity contribution is 5.93. The van der Waals surface area contributed by atoms with Gasteiger partial charge in [-0.25, -0.2) is 9.97 Å². The molecule has 4 rings (SSSR count). The van der Waals surface area contributed by atoms with Crippen molar-refractivity contribution in [3.8, 4) is 0 Å². The monoisotopic (exact) mass is 353 g/mol. The Hall–Kier alpha value is -2.67. The van der Waals surface area contributed by atoms with Gasteiger partial charge in [-0.1, -0.05) is 18.2 Å². The van der Waals surface area contributed by atoms with Crippen molar-refractivity contribution >= 4 is 17.5 Å². The van der Waals surface area contributed by atoms with Gasteiger partial charge >= 0.3 is 0 Å². The molecule has 136 valence electrons. The lowest BCUT2D eigenvalue weighted by Crippen LogP contribution is -2.37. The van der Waals surface area contributed by atoms with Crippen molar-refractivity contribution in [3.63, 3.8) is 0 Å². The number of carbonyl (C=O) groups excluding carboxylic acids is 1. The van der Waals surface area contributed by atoms with Crippen LogP contribution in [0.1, 0.15) is 15.9 Å². The quantitative estimate of drug-likeness (QED) is 0.868. The molecule has 1 amide bonds. The Morgan fingerprint density at radius 3 is 2.69 bits per heavy atom. The van der Waals surface area contributed by atoms with Gasteiger partial charge in [0.2, 0.25) is 5.95 Å². The lowest BCUT2D eigenvalue weighted by Gasteiger charge is -2.26. The second-order valence-electron chi connectivity index (χ2n) is 6.49. The van der Waals surface area contributed by atoms with E-state index in [1.54, 1.807) is 12.4 Å². The molecule has 2 aliphatic rings. The smallest absolute Gasteiger partial charge is 0.254 e. The van der Waals surface area contributed by atoms with Crippen LogP contribution in [0.15, 0.2) is 36.7 Å². The normalized spacial score (nSPS) is 16.5. The second kappa shape index (κ2) is 7.70. The van der Waals surface area contributed by atoms with Gasteiger partial charge in [-0.15, -0.1) is 0 Å². The first-order chi connectivity index (χ1) is 12.8. The first kappa shape index (κ1) is 16.8. The molecule has 0 saturated carbocycles. The Morgan fingerprint density at radius 1 is 1.12 bits per heavy atom. The van der Waals surface area contributed by atoms with Crippen molar-refractivity contribution in [2.75, 3.05) is 55.7 Å². The van der Waals surface area contributed by atoms with Gasteiger partial charge in [0.25, 0.3) is 5.91 Å². The second-order valence-corrected chi connectivity index (χ2v) is 6.49. The Morgan fingerprint density at radius 2 is 1.88 bits per heavy atom. The molecule has 0 bridgehead atoms. The van der Waals surface area contributed by atoms with Gasteiger partial charge in [-0.2, -0.15) is 0 Å². The summed E-state index contributed by atoms with van der Waals surface area (Å²) in [5.41, 5.74) is 3.15. The molecule has 3 heterocycles. The number of aromatic nitrogens is 2. The van der Waals surface area contributed by atoms with E-state index >= 15 is 0 Å². The number of morpholine rings is 1. The van der Waals surface area contributed by atoms with E-state index in [9.17, 15) is 4.79 Å². The average molecular weight is 353 g/mol. The first-order valence-electron chi connectivity index (χ1n) is 9.07. The zero-order valence-electron chi connectivity index (χ0n) is 14.7. The lowest BCUT2D eigenvalue weighted by atomic mass is 10.2. The highest BCUT2D eigenvalue weighted by atomic mass is 16.5. The molecule has 1 aromatic heterocycles. The van der Waals surface area contributed by atoms with Crippen LogP contribution in [0.5, 0.6) is 0 Å². The van der Waals surface area contributed by atoms with Crippen LogP contribution in [0, 0.1) is 0 Å². The Kier molecular flexibility index (Phi) is 4.97. The predicted molar refractivity (Wildman–Crippen MR) is 99.8 cm³/mol. The summed E-state index contributed by atoms with van der Waals surface area (Å²) >= 11 is 0. The molecule has 0 aliphatic carbocycles. The van der Waals surface area contributed by atoms with Crippen LogP contribution < -0.4 is 15.1 Å². The minimum absolute atomic E-state index is 0.133. The molecule has 2 aliphatic heterocycles. The topological polar surface area (TPSA) is 70.6 Å². The number of nitrogens with one attached hydrogen (secondary N) is 1. The fourth-order valence-electron chi connectivity index (χ4n) is 3.41. The minimum atomic E-state index is -0.133. The number of hydrogen-bond acceptors (Lipinski definition) is 6. The van der Waals surface area contributed by atoms with E-state index in [0.717, 1.165) is 32.6 Å². The summed E-state index contributed by atoms with van der Waals surface area (Å²) in [5, 5.41) is 2.96. The number of ether oxygens (including phenoxy) is 1. The summed E-state index contributed by atoms with van der Waals surface area (Å²) in [6.07, 6.45) is 4.26. The fourth-order valence-corrected chi connectivity index (χ4v) is 3.41.